The second-order valence-electron chi connectivity index (χ2n) is 7.77. The molecule has 1 saturated heterocycles. The minimum Gasteiger partial charge on any atom is -0.507 e. The third kappa shape index (κ3) is 4.11. The van der Waals surface area contributed by atoms with Gasteiger partial charge in [-0.3, -0.25) is 0 Å². The molecule has 1 aliphatic heterocycles. The van der Waals surface area contributed by atoms with E-state index in [-0.39, 0.29) is 10.6 Å². The zero-order valence-corrected chi connectivity index (χ0v) is 18.0. The number of benzene rings is 2. The maximum absolute atomic E-state index is 11.8. The summed E-state index contributed by atoms with van der Waals surface area (Å²) in [4.78, 5) is 2.49. The number of fused-ring (bicyclic) bond motifs is 1. The van der Waals surface area contributed by atoms with Crippen LogP contribution in [-0.2, 0) is 9.84 Å². The number of likely N-dealkylation sites (N-methyl/N-ethyl adjacent to an activating group) is 1. The van der Waals surface area contributed by atoms with Crippen molar-refractivity contribution in [2.45, 2.75) is 30.7 Å². The van der Waals surface area contributed by atoms with Crippen LogP contribution in [0.3, 0.4) is 0 Å². The Morgan fingerprint density at radius 2 is 1.93 bits per heavy atom. The number of hydrogen-bond donors (Lipinski definition) is 2. The molecule has 0 bridgehead atoms. The molecule has 1 fully saturated rings. The molecule has 158 valence electrons. The van der Waals surface area contributed by atoms with Crippen molar-refractivity contribution in [3.8, 4) is 17.0 Å². The number of sulfone groups is 1. The van der Waals surface area contributed by atoms with Crippen LogP contribution >= 0.6 is 0 Å². The fourth-order valence-corrected chi connectivity index (χ4v) is 4.65. The van der Waals surface area contributed by atoms with Gasteiger partial charge in [0, 0.05) is 35.2 Å². The molecule has 2 heterocycles. The summed E-state index contributed by atoms with van der Waals surface area (Å²) in [6.45, 7) is 5.31. The Morgan fingerprint density at radius 3 is 2.63 bits per heavy atom. The van der Waals surface area contributed by atoms with Crippen LogP contribution < -0.4 is 5.32 Å². The van der Waals surface area contributed by atoms with Crippen molar-refractivity contribution in [1.82, 2.24) is 15.1 Å². The fraction of sp³-hybridized carbons (Fsp3) is 0.364. The van der Waals surface area contributed by atoms with E-state index in [0.29, 0.717) is 17.3 Å². The first-order valence-corrected chi connectivity index (χ1v) is 12.0. The molecular formula is C22H26N4O3S. The van der Waals surface area contributed by atoms with E-state index >= 15 is 0 Å². The summed E-state index contributed by atoms with van der Waals surface area (Å²) in [5, 5.41) is 24.7. The third-order valence-corrected chi connectivity index (χ3v) is 6.74. The third-order valence-electron chi connectivity index (χ3n) is 5.63. The molecule has 2 aromatic carbocycles. The van der Waals surface area contributed by atoms with E-state index in [0.717, 1.165) is 55.3 Å². The van der Waals surface area contributed by atoms with Crippen molar-refractivity contribution in [3.05, 3.63) is 42.5 Å². The van der Waals surface area contributed by atoms with Gasteiger partial charge in [-0.25, -0.2) is 8.42 Å². The summed E-state index contributed by atoms with van der Waals surface area (Å²) >= 11 is 0. The standard InChI is InChI=1S/C22H26N4O3S/c1-3-26-12-6-7-15(14-26)23-22-18-9-5-4-8-17(18)21(24-25-22)19-11-10-16(13-20(19)27)30(2,28)29/h4-5,8-11,13,15,27H,3,6-7,12,14H2,1-2H3,(H,23,25)/t15-/m0/s1. The molecule has 0 aliphatic carbocycles. The zero-order chi connectivity index (χ0) is 21.3. The van der Waals surface area contributed by atoms with Crippen LogP contribution in [0.4, 0.5) is 5.82 Å². The highest BCUT2D eigenvalue weighted by molar-refractivity contribution is 7.90. The van der Waals surface area contributed by atoms with Crippen molar-refractivity contribution in [2.24, 2.45) is 0 Å². The SMILES string of the molecule is CCN1CCC[C@H](Nc2nnc(-c3ccc(S(C)(=O)=O)cc3O)c3ccccc23)C1. The predicted octanol–water partition coefficient (Wildman–Crippen LogP) is 3.30. The van der Waals surface area contributed by atoms with Gasteiger partial charge in [0.1, 0.15) is 11.4 Å². The Hall–Kier alpha value is -2.71. The van der Waals surface area contributed by atoms with E-state index in [1.165, 1.54) is 12.1 Å². The fourth-order valence-electron chi connectivity index (χ4n) is 4.01. The van der Waals surface area contributed by atoms with Gasteiger partial charge in [-0.05, 0) is 44.1 Å². The van der Waals surface area contributed by atoms with Gasteiger partial charge in [-0.15, -0.1) is 10.2 Å². The molecule has 0 amide bonds. The summed E-state index contributed by atoms with van der Waals surface area (Å²) in [6, 6.07) is 12.4. The lowest BCUT2D eigenvalue weighted by molar-refractivity contribution is 0.226. The van der Waals surface area contributed by atoms with Crippen LogP contribution in [0.1, 0.15) is 19.8 Å². The van der Waals surface area contributed by atoms with Crippen molar-refractivity contribution < 1.29 is 13.5 Å². The molecule has 3 aromatic rings. The molecule has 1 aliphatic rings. The summed E-state index contributed by atoms with van der Waals surface area (Å²) < 4.78 is 23.5. The normalized spacial score (nSPS) is 17.9. The average molecular weight is 427 g/mol. The Balaban J connectivity index is 1.73. The second kappa shape index (κ2) is 8.20. The monoisotopic (exact) mass is 426 g/mol. The highest BCUT2D eigenvalue weighted by atomic mass is 32.2. The molecule has 8 heteroatoms. The van der Waals surface area contributed by atoms with Gasteiger partial charge >= 0.3 is 0 Å². The number of phenolic OH excluding ortho intramolecular Hbond substituents is 1. The van der Waals surface area contributed by atoms with Crippen molar-refractivity contribution >= 4 is 26.4 Å². The number of nitrogens with one attached hydrogen (secondary N) is 1. The first-order valence-electron chi connectivity index (χ1n) is 10.1. The predicted molar refractivity (Wildman–Crippen MR) is 119 cm³/mol. The van der Waals surface area contributed by atoms with Crippen molar-refractivity contribution in [1.29, 1.82) is 0 Å². The molecule has 1 aromatic heterocycles. The van der Waals surface area contributed by atoms with E-state index in [4.69, 9.17) is 0 Å². The van der Waals surface area contributed by atoms with Crippen molar-refractivity contribution in [3.63, 3.8) is 0 Å². The van der Waals surface area contributed by atoms with E-state index < -0.39 is 9.84 Å². The highest BCUT2D eigenvalue weighted by Gasteiger charge is 2.21. The first kappa shape index (κ1) is 20.6. The maximum atomic E-state index is 11.8. The smallest absolute Gasteiger partial charge is 0.175 e. The molecule has 7 nitrogen and oxygen atoms in total. The number of phenols is 1. The number of nitrogens with zero attached hydrogens (tertiary/aromatic N) is 3. The van der Waals surface area contributed by atoms with Gasteiger partial charge in [-0.1, -0.05) is 31.2 Å². The lowest BCUT2D eigenvalue weighted by atomic mass is 10.0. The Kier molecular flexibility index (Phi) is 5.62. The van der Waals surface area contributed by atoms with Gasteiger partial charge < -0.3 is 15.3 Å². The largest absolute Gasteiger partial charge is 0.507 e. The van der Waals surface area contributed by atoms with Gasteiger partial charge in [0.25, 0.3) is 0 Å². The molecule has 30 heavy (non-hydrogen) atoms. The van der Waals surface area contributed by atoms with Crippen LogP contribution in [-0.4, -0.2) is 60.6 Å². The molecule has 4 rings (SSSR count). The van der Waals surface area contributed by atoms with Gasteiger partial charge in [0.2, 0.25) is 0 Å². The van der Waals surface area contributed by atoms with Crippen LogP contribution in [0.2, 0.25) is 0 Å². The van der Waals surface area contributed by atoms with E-state index in [2.05, 4.69) is 27.3 Å². The second-order valence-corrected chi connectivity index (χ2v) is 9.79. The van der Waals surface area contributed by atoms with Crippen LogP contribution in [0.5, 0.6) is 5.75 Å². The summed E-state index contributed by atoms with van der Waals surface area (Å²) in [6.07, 6.45) is 3.35. The first-order chi connectivity index (χ1) is 14.4. The Labute approximate surface area is 176 Å². The molecule has 2 N–H and O–H groups in total. The summed E-state index contributed by atoms with van der Waals surface area (Å²) in [7, 11) is -3.41. The number of aromatic nitrogens is 2. The minimum atomic E-state index is -3.41. The molecule has 0 radical (unpaired) electrons. The lowest BCUT2D eigenvalue weighted by Gasteiger charge is -2.32. The van der Waals surface area contributed by atoms with E-state index in [1.54, 1.807) is 6.07 Å². The molecule has 0 saturated carbocycles. The van der Waals surface area contributed by atoms with Gasteiger partial charge in [0.05, 0.1) is 4.90 Å². The summed E-state index contributed by atoms with van der Waals surface area (Å²) in [5.74, 6) is 0.591. The minimum absolute atomic E-state index is 0.0667. The number of piperidine rings is 1. The number of rotatable bonds is 5. The molecule has 0 spiro atoms. The lowest BCUT2D eigenvalue weighted by Crippen LogP contribution is -2.42. The number of aromatic hydroxyl groups is 1. The van der Waals surface area contributed by atoms with Crippen LogP contribution in [0.15, 0.2) is 47.4 Å². The average Bonchev–Trinajstić information content (AvgIpc) is 2.74. The van der Waals surface area contributed by atoms with E-state index in [9.17, 15) is 13.5 Å². The highest BCUT2D eigenvalue weighted by Crippen LogP contribution is 2.36. The Bertz CT molecular complexity index is 1180. The van der Waals surface area contributed by atoms with Gasteiger partial charge in [0.15, 0.2) is 15.7 Å². The number of likely N-dealkylation sites (tertiary alicyclic amines) is 1. The van der Waals surface area contributed by atoms with Crippen molar-refractivity contribution in [2.75, 3.05) is 31.2 Å². The van der Waals surface area contributed by atoms with Crippen LogP contribution in [0, 0.1) is 0 Å². The maximum Gasteiger partial charge on any atom is 0.175 e. The van der Waals surface area contributed by atoms with Gasteiger partial charge in [-0.2, -0.15) is 0 Å². The number of anilines is 1. The molecule has 0 unspecified atom stereocenters. The van der Waals surface area contributed by atoms with Crippen LogP contribution in [0.25, 0.3) is 22.0 Å². The van der Waals surface area contributed by atoms with E-state index in [1.807, 2.05) is 24.3 Å². The Morgan fingerprint density at radius 1 is 1.17 bits per heavy atom. The quantitative estimate of drug-likeness (QED) is 0.646. The zero-order valence-electron chi connectivity index (χ0n) is 17.2. The number of hydrogen-bond acceptors (Lipinski definition) is 7. The topological polar surface area (TPSA) is 95.4 Å². The summed E-state index contributed by atoms with van der Waals surface area (Å²) in [5.41, 5.74) is 0.972. The molecule has 1 atom stereocenters. The molecular weight excluding hydrogens is 400 g/mol.